The zero-order valence-electron chi connectivity index (χ0n) is 16.3. The van der Waals surface area contributed by atoms with Crippen molar-refractivity contribution in [2.24, 2.45) is 0 Å². The van der Waals surface area contributed by atoms with Crippen molar-refractivity contribution in [1.82, 2.24) is 0 Å². The Balaban J connectivity index is 0.000000269. The number of hydrogen-bond donors (Lipinski definition) is 0. The van der Waals surface area contributed by atoms with Crippen molar-refractivity contribution in [3.8, 4) is 11.1 Å². The zero-order valence-corrected chi connectivity index (χ0v) is 20.3. The molecule has 0 bridgehead atoms. The summed E-state index contributed by atoms with van der Waals surface area (Å²) in [5.74, 6) is 0. The van der Waals surface area contributed by atoms with Gasteiger partial charge in [-0.2, -0.15) is 0 Å². The van der Waals surface area contributed by atoms with Gasteiger partial charge in [-0.15, -0.1) is 40.5 Å². The van der Waals surface area contributed by atoms with Gasteiger partial charge in [0.15, 0.2) is 0 Å². The molecule has 2 aromatic rings. The van der Waals surface area contributed by atoms with E-state index >= 15 is 0 Å². The molecule has 0 saturated heterocycles. The SMILES string of the molecule is Cc1cc(C2=CC=CC2)[c-]c2c1-c1ccccc1C2.[Cl-].[Cl-].[Zr+2]=[C]1CCCCC1. The molecule has 1 fully saturated rings. The predicted molar refractivity (Wildman–Crippen MR) is 108 cm³/mol. The number of allylic oxidation sites excluding steroid dienone is 4. The van der Waals surface area contributed by atoms with Crippen molar-refractivity contribution >= 4 is 8.78 Å². The van der Waals surface area contributed by atoms with Gasteiger partial charge in [0.2, 0.25) is 0 Å². The van der Waals surface area contributed by atoms with Crippen LogP contribution in [0.25, 0.3) is 16.7 Å². The molecule has 0 spiro atoms. The van der Waals surface area contributed by atoms with Gasteiger partial charge >= 0.3 is 59.5 Å². The van der Waals surface area contributed by atoms with Gasteiger partial charge in [0.1, 0.15) is 0 Å². The summed E-state index contributed by atoms with van der Waals surface area (Å²) in [5.41, 5.74) is 9.65. The van der Waals surface area contributed by atoms with Crippen molar-refractivity contribution in [3.63, 3.8) is 0 Å². The van der Waals surface area contributed by atoms with Crippen LogP contribution >= 0.6 is 0 Å². The van der Waals surface area contributed by atoms with Crippen LogP contribution in [0.4, 0.5) is 0 Å². The Hall–Kier alpha value is -0.747. The second-order valence-corrected chi connectivity index (χ2v) is 9.28. The molecule has 0 aliphatic heterocycles. The standard InChI is InChI=1S/C19H15.C6H10.2ClH.Zr/c1-13-10-16(14-6-2-3-7-14)12-17-11-15-8-4-5-9-18(15)19(13)17;1-2-4-6-5-3-1;;;/h2-6,8-10H,7,11H2,1H3;1-5H2;2*1H;/q-1;;;;+2/p-2. The Morgan fingerprint density at radius 1 is 1.00 bits per heavy atom. The van der Waals surface area contributed by atoms with Gasteiger partial charge in [0.05, 0.1) is 0 Å². The van der Waals surface area contributed by atoms with E-state index in [9.17, 15) is 0 Å². The number of halogens is 2. The first-order chi connectivity index (χ1) is 12.7. The number of benzene rings is 2. The van der Waals surface area contributed by atoms with E-state index in [1.54, 1.807) is 27.4 Å². The Kier molecular flexibility index (Phi) is 9.13. The molecule has 0 heterocycles. The molecule has 3 aliphatic carbocycles. The maximum atomic E-state index is 3.65. The fourth-order valence-corrected chi connectivity index (χ4v) is 5.07. The van der Waals surface area contributed by atoms with Crippen LogP contribution in [0.2, 0.25) is 0 Å². The van der Waals surface area contributed by atoms with E-state index in [0.29, 0.717) is 0 Å². The van der Waals surface area contributed by atoms with Crippen LogP contribution < -0.4 is 24.8 Å². The van der Waals surface area contributed by atoms with Gasteiger partial charge in [0, 0.05) is 0 Å². The van der Waals surface area contributed by atoms with E-state index in [-0.39, 0.29) is 24.8 Å². The van der Waals surface area contributed by atoms with E-state index in [4.69, 9.17) is 0 Å². The molecule has 0 N–H and O–H groups in total. The average molecular weight is 488 g/mol. The summed E-state index contributed by atoms with van der Waals surface area (Å²) in [4.78, 5) is 0. The Morgan fingerprint density at radius 2 is 1.75 bits per heavy atom. The number of fused-ring (bicyclic) bond motifs is 3. The third-order valence-corrected chi connectivity index (χ3v) is 6.80. The summed E-state index contributed by atoms with van der Waals surface area (Å²) in [7, 11) is 0. The summed E-state index contributed by atoms with van der Waals surface area (Å²) >= 11 is 1.69. The summed E-state index contributed by atoms with van der Waals surface area (Å²) < 4.78 is 1.80. The summed E-state index contributed by atoms with van der Waals surface area (Å²) in [6.07, 6.45) is 15.9. The molecular weight excluding hydrogens is 462 g/mol. The molecule has 3 aliphatic rings. The van der Waals surface area contributed by atoms with Gasteiger partial charge < -0.3 is 24.8 Å². The maximum absolute atomic E-state index is 3.65. The van der Waals surface area contributed by atoms with Crippen molar-refractivity contribution in [3.05, 3.63) is 76.9 Å². The van der Waals surface area contributed by atoms with E-state index in [2.05, 4.69) is 61.5 Å². The molecule has 0 radical (unpaired) electrons. The first kappa shape index (κ1) is 23.5. The molecule has 0 atom stereocenters. The van der Waals surface area contributed by atoms with Crippen LogP contribution in [0.1, 0.15) is 60.8 Å². The molecule has 3 heteroatoms. The Morgan fingerprint density at radius 3 is 2.39 bits per heavy atom. The first-order valence-electron chi connectivity index (χ1n) is 9.79. The predicted octanol–water partition coefficient (Wildman–Crippen LogP) is 0.387. The van der Waals surface area contributed by atoms with Crippen LogP contribution in [0, 0.1) is 13.0 Å². The van der Waals surface area contributed by atoms with Crippen LogP contribution in [0.3, 0.4) is 0 Å². The van der Waals surface area contributed by atoms with Crippen molar-refractivity contribution < 1.29 is 49.0 Å². The Bertz CT molecular complexity index is 901. The molecule has 0 amide bonds. The molecule has 5 rings (SSSR count). The summed E-state index contributed by atoms with van der Waals surface area (Å²) in [5, 5.41) is 0. The minimum absolute atomic E-state index is 0. The van der Waals surface area contributed by atoms with E-state index < -0.39 is 0 Å². The van der Waals surface area contributed by atoms with E-state index in [1.807, 2.05) is 0 Å². The number of aryl methyl sites for hydroxylation is 1. The zero-order chi connectivity index (χ0) is 17.9. The van der Waals surface area contributed by atoms with Gasteiger partial charge in [0.25, 0.3) is 0 Å². The van der Waals surface area contributed by atoms with Crippen molar-refractivity contribution in [2.45, 2.75) is 51.9 Å². The van der Waals surface area contributed by atoms with Crippen LogP contribution in [-0.4, -0.2) is 3.21 Å². The van der Waals surface area contributed by atoms with E-state index in [0.717, 1.165) is 12.8 Å². The second kappa shape index (κ2) is 10.9. The van der Waals surface area contributed by atoms with E-state index in [1.165, 1.54) is 71.1 Å². The third-order valence-electron chi connectivity index (χ3n) is 5.57. The van der Waals surface area contributed by atoms with Gasteiger partial charge in [-0.05, 0) is 18.4 Å². The average Bonchev–Trinajstić information content (AvgIpc) is 3.30. The topological polar surface area (TPSA) is 0 Å². The van der Waals surface area contributed by atoms with Gasteiger partial charge in [-0.25, -0.2) is 0 Å². The molecule has 2 aromatic carbocycles. The minimum atomic E-state index is 0. The number of rotatable bonds is 1. The normalized spacial score (nSPS) is 16.1. The monoisotopic (exact) mass is 485 g/mol. The van der Waals surface area contributed by atoms with Crippen molar-refractivity contribution in [1.29, 1.82) is 0 Å². The number of hydrogen-bond acceptors (Lipinski definition) is 0. The van der Waals surface area contributed by atoms with Crippen molar-refractivity contribution in [2.75, 3.05) is 0 Å². The molecular formula is C25H25Cl2Zr-. The fraction of sp³-hybridized carbons (Fsp3) is 0.320. The van der Waals surface area contributed by atoms with Crippen LogP contribution in [0.5, 0.6) is 0 Å². The summed E-state index contributed by atoms with van der Waals surface area (Å²) in [6.45, 7) is 2.22. The molecule has 0 nitrogen and oxygen atoms in total. The molecule has 144 valence electrons. The molecule has 1 saturated carbocycles. The molecule has 0 aromatic heterocycles. The summed E-state index contributed by atoms with van der Waals surface area (Å²) in [6, 6.07) is 14.7. The van der Waals surface area contributed by atoms with Crippen LogP contribution in [-0.2, 0) is 30.7 Å². The van der Waals surface area contributed by atoms with Gasteiger partial charge in [-0.3, -0.25) is 0 Å². The fourth-order valence-electron chi connectivity index (χ4n) is 4.20. The third kappa shape index (κ3) is 5.24. The Labute approximate surface area is 196 Å². The van der Waals surface area contributed by atoms with Crippen LogP contribution in [0.15, 0.2) is 48.6 Å². The second-order valence-electron chi connectivity index (χ2n) is 7.54. The van der Waals surface area contributed by atoms with Gasteiger partial charge in [-0.1, -0.05) is 54.5 Å². The first-order valence-corrected chi connectivity index (χ1v) is 11.0. The molecule has 28 heavy (non-hydrogen) atoms. The quantitative estimate of drug-likeness (QED) is 0.436. The molecule has 0 unspecified atom stereocenters.